The number of rotatable bonds is 8. The molecule has 0 aromatic heterocycles. The molecule has 1 rings (SSSR count). The second-order valence-corrected chi connectivity index (χ2v) is 3.85. The van der Waals surface area contributed by atoms with Crippen molar-refractivity contribution in [1.29, 1.82) is 0 Å². The second-order valence-electron chi connectivity index (χ2n) is 3.58. The fraction of sp³-hybridized carbons (Fsp3) is 0.538. The minimum atomic E-state index is 0.469. The average Bonchev–Trinajstić information content (AvgIpc) is 2.38. The summed E-state index contributed by atoms with van der Waals surface area (Å²) in [5, 5.41) is 0. The lowest BCUT2D eigenvalue weighted by atomic mass is 10.2. The van der Waals surface area contributed by atoms with Crippen LogP contribution in [-0.2, 0) is 10.6 Å². The Morgan fingerprint density at radius 1 is 1.12 bits per heavy atom. The van der Waals surface area contributed by atoms with Gasteiger partial charge in [0.25, 0.3) is 0 Å². The molecule has 0 saturated heterocycles. The Kier molecular flexibility index (Phi) is 6.82. The van der Waals surface area contributed by atoms with E-state index in [2.05, 4.69) is 6.92 Å². The zero-order valence-electron chi connectivity index (χ0n) is 10.4. The van der Waals surface area contributed by atoms with E-state index >= 15 is 0 Å². The highest BCUT2D eigenvalue weighted by molar-refractivity contribution is 6.17. The number of methoxy groups -OCH3 is 1. The number of benzene rings is 1. The zero-order valence-corrected chi connectivity index (χ0v) is 11.1. The average molecular weight is 259 g/mol. The molecule has 1 aromatic carbocycles. The first-order valence-electron chi connectivity index (χ1n) is 5.75. The summed E-state index contributed by atoms with van der Waals surface area (Å²) in [6.07, 6.45) is 1.02. The van der Waals surface area contributed by atoms with Crippen molar-refractivity contribution >= 4 is 11.6 Å². The maximum absolute atomic E-state index is 5.75. The zero-order chi connectivity index (χ0) is 12.5. The van der Waals surface area contributed by atoms with Gasteiger partial charge in [0.15, 0.2) is 11.5 Å². The van der Waals surface area contributed by atoms with Crippen molar-refractivity contribution in [2.24, 2.45) is 0 Å². The van der Waals surface area contributed by atoms with Gasteiger partial charge in [0.2, 0.25) is 0 Å². The van der Waals surface area contributed by atoms with Crippen LogP contribution < -0.4 is 9.47 Å². The van der Waals surface area contributed by atoms with Gasteiger partial charge in [-0.15, -0.1) is 11.6 Å². The highest BCUT2D eigenvalue weighted by Gasteiger charge is 2.05. The van der Waals surface area contributed by atoms with Crippen molar-refractivity contribution in [1.82, 2.24) is 0 Å². The van der Waals surface area contributed by atoms with E-state index < -0.39 is 0 Å². The molecule has 0 aliphatic heterocycles. The van der Waals surface area contributed by atoms with Crippen LogP contribution in [0.3, 0.4) is 0 Å². The van der Waals surface area contributed by atoms with Gasteiger partial charge in [0.05, 0.1) is 13.7 Å². The van der Waals surface area contributed by atoms with Gasteiger partial charge in [-0.25, -0.2) is 0 Å². The summed E-state index contributed by atoms with van der Waals surface area (Å²) in [5.41, 5.74) is 1.01. The van der Waals surface area contributed by atoms with Gasteiger partial charge < -0.3 is 14.2 Å². The molecule has 17 heavy (non-hydrogen) atoms. The van der Waals surface area contributed by atoms with E-state index in [-0.39, 0.29) is 0 Å². The molecular weight excluding hydrogens is 240 g/mol. The molecule has 0 aliphatic carbocycles. The normalized spacial score (nSPS) is 10.3. The summed E-state index contributed by atoms with van der Waals surface area (Å²) >= 11 is 5.75. The molecule has 3 nitrogen and oxygen atoms in total. The molecule has 0 radical (unpaired) electrons. The number of hydrogen-bond acceptors (Lipinski definition) is 3. The minimum Gasteiger partial charge on any atom is -0.493 e. The monoisotopic (exact) mass is 258 g/mol. The predicted molar refractivity (Wildman–Crippen MR) is 69.2 cm³/mol. The van der Waals surface area contributed by atoms with Gasteiger partial charge in [0.1, 0.15) is 6.61 Å². The maximum Gasteiger partial charge on any atom is 0.161 e. The third-order valence-corrected chi connectivity index (χ3v) is 2.52. The van der Waals surface area contributed by atoms with E-state index in [1.807, 2.05) is 18.2 Å². The van der Waals surface area contributed by atoms with Crippen LogP contribution in [0.15, 0.2) is 18.2 Å². The van der Waals surface area contributed by atoms with Crippen molar-refractivity contribution in [3.05, 3.63) is 23.8 Å². The lowest BCUT2D eigenvalue weighted by Crippen LogP contribution is -2.07. The van der Waals surface area contributed by atoms with Gasteiger partial charge in [-0.3, -0.25) is 0 Å². The van der Waals surface area contributed by atoms with Crippen molar-refractivity contribution in [3.8, 4) is 11.5 Å². The lowest BCUT2D eigenvalue weighted by molar-refractivity contribution is 0.0995. The molecule has 0 atom stereocenters. The van der Waals surface area contributed by atoms with E-state index in [4.69, 9.17) is 25.8 Å². The molecule has 0 saturated carbocycles. The van der Waals surface area contributed by atoms with Crippen LogP contribution in [0.25, 0.3) is 0 Å². The van der Waals surface area contributed by atoms with Gasteiger partial charge in [-0.05, 0) is 24.1 Å². The Hall–Kier alpha value is -0.930. The first kappa shape index (κ1) is 14.1. The smallest absolute Gasteiger partial charge is 0.161 e. The quantitative estimate of drug-likeness (QED) is 0.529. The molecule has 0 unspecified atom stereocenters. The van der Waals surface area contributed by atoms with E-state index in [0.29, 0.717) is 24.8 Å². The van der Waals surface area contributed by atoms with Gasteiger partial charge in [-0.2, -0.15) is 0 Å². The maximum atomic E-state index is 5.75. The first-order chi connectivity index (χ1) is 8.31. The first-order valence-corrected chi connectivity index (χ1v) is 6.28. The molecule has 0 aliphatic rings. The molecule has 96 valence electrons. The fourth-order valence-electron chi connectivity index (χ4n) is 1.37. The Balaban J connectivity index is 2.46. The Bertz CT molecular complexity index is 328. The summed E-state index contributed by atoms with van der Waals surface area (Å²) in [5.74, 6) is 1.90. The van der Waals surface area contributed by atoms with Crippen LogP contribution in [0, 0.1) is 0 Å². The third-order valence-electron chi connectivity index (χ3n) is 2.22. The Morgan fingerprint density at radius 2 is 1.94 bits per heavy atom. The van der Waals surface area contributed by atoms with Crippen molar-refractivity contribution in [2.45, 2.75) is 19.2 Å². The summed E-state index contributed by atoms with van der Waals surface area (Å²) in [6.45, 7) is 3.96. The topological polar surface area (TPSA) is 27.7 Å². The van der Waals surface area contributed by atoms with E-state index in [0.717, 1.165) is 24.3 Å². The summed E-state index contributed by atoms with van der Waals surface area (Å²) in [7, 11) is 1.62. The summed E-state index contributed by atoms with van der Waals surface area (Å²) < 4.78 is 16.2. The van der Waals surface area contributed by atoms with Crippen LogP contribution in [0.5, 0.6) is 11.5 Å². The SMILES string of the molecule is CCCOCCOc1ccc(CCl)cc1OC. The summed E-state index contributed by atoms with van der Waals surface area (Å²) in [4.78, 5) is 0. The highest BCUT2D eigenvalue weighted by atomic mass is 35.5. The fourth-order valence-corrected chi connectivity index (χ4v) is 1.54. The standard InChI is InChI=1S/C13H19ClO3/c1-3-6-16-7-8-17-12-5-4-11(10-14)9-13(12)15-2/h4-5,9H,3,6-8,10H2,1-2H3. The predicted octanol–water partition coefficient (Wildman–Crippen LogP) is 3.24. The van der Waals surface area contributed by atoms with Crippen LogP contribution in [0.4, 0.5) is 0 Å². The molecule has 4 heteroatoms. The van der Waals surface area contributed by atoms with Gasteiger partial charge in [-0.1, -0.05) is 13.0 Å². The molecule has 0 bridgehead atoms. The van der Waals surface area contributed by atoms with Gasteiger partial charge in [0, 0.05) is 12.5 Å². The minimum absolute atomic E-state index is 0.469. The van der Waals surface area contributed by atoms with Crippen LogP contribution in [0.2, 0.25) is 0 Å². The van der Waals surface area contributed by atoms with Crippen molar-refractivity contribution in [2.75, 3.05) is 26.9 Å². The molecule has 1 aromatic rings. The van der Waals surface area contributed by atoms with Crippen molar-refractivity contribution in [3.63, 3.8) is 0 Å². The molecular formula is C13H19ClO3. The Labute approximate surface area is 108 Å². The highest BCUT2D eigenvalue weighted by Crippen LogP contribution is 2.28. The molecule has 0 heterocycles. The second kappa shape index (κ2) is 8.20. The third kappa shape index (κ3) is 4.84. The molecule has 0 N–H and O–H groups in total. The molecule has 0 fully saturated rings. The van der Waals surface area contributed by atoms with Crippen molar-refractivity contribution < 1.29 is 14.2 Å². The van der Waals surface area contributed by atoms with E-state index in [1.165, 1.54) is 0 Å². The van der Waals surface area contributed by atoms with E-state index in [9.17, 15) is 0 Å². The summed E-state index contributed by atoms with van der Waals surface area (Å²) in [6, 6.07) is 5.68. The van der Waals surface area contributed by atoms with Crippen LogP contribution >= 0.6 is 11.6 Å². The number of alkyl halides is 1. The van der Waals surface area contributed by atoms with E-state index in [1.54, 1.807) is 7.11 Å². The lowest BCUT2D eigenvalue weighted by Gasteiger charge is -2.11. The molecule has 0 amide bonds. The van der Waals surface area contributed by atoms with Crippen LogP contribution in [0.1, 0.15) is 18.9 Å². The van der Waals surface area contributed by atoms with Crippen LogP contribution in [-0.4, -0.2) is 26.9 Å². The molecule has 0 spiro atoms. The largest absolute Gasteiger partial charge is 0.493 e. The number of ether oxygens (including phenoxy) is 3. The number of halogens is 1. The van der Waals surface area contributed by atoms with Gasteiger partial charge >= 0.3 is 0 Å². The number of hydrogen-bond donors (Lipinski definition) is 0. The Morgan fingerprint density at radius 3 is 2.59 bits per heavy atom.